The van der Waals surface area contributed by atoms with Crippen LogP contribution in [0.3, 0.4) is 0 Å². The second kappa shape index (κ2) is 86.7. The number of carboxylic acids is 10. The highest BCUT2D eigenvalue weighted by Gasteiger charge is 2.46. The van der Waals surface area contributed by atoms with Gasteiger partial charge < -0.3 is 124 Å². The maximum atomic E-state index is 11.3. The van der Waals surface area contributed by atoms with E-state index in [1.807, 2.05) is 27.7 Å². The smallest absolute Gasteiger partial charge is 0.339 e. The van der Waals surface area contributed by atoms with E-state index in [9.17, 15) is 155 Å². The molecule has 140 heavy (non-hydrogen) atoms. The van der Waals surface area contributed by atoms with Gasteiger partial charge in [0.1, 0.15) is 40.5 Å². The van der Waals surface area contributed by atoms with Crippen molar-refractivity contribution in [3.8, 4) is 0 Å². The molecule has 0 saturated heterocycles. The number of carbonyl (C=O) groups is 26. The summed E-state index contributed by atoms with van der Waals surface area (Å²) in [4.78, 5) is 278. The normalized spacial score (nSPS) is 12.1. The summed E-state index contributed by atoms with van der Waals surface area (Å²) in [5, 5.41) is 141. The molecule has 0 rings (SSSR count). The van der Waals surface area contributed by atoms with E-state index < -0.39 is 224 Å². The number of carbonyl (C=O) groups excluding carboxylic acids is 16. The first kappa shape index (κ1) is 148. The minimum absolute atomic E-state index is 0.0647. The monoisotopic (exact) mass is 2030 g/mol. The molecule has 51 heteroatoms. The average molecular weight is 2030 g/mol. The quantitative estimate of drug-likeness (QED) is 0.0221. The third-order valence-electron chi connectivity index (χ3n) is 18.3. The zero-order valence-electron chi connectivity index (χ0n) is 82.4. The molecule has 0 spiro atoms. The molecule has 0 aliphatic rings. The molecule has 0 fully saturated rings. The molecule has 0 aliphatic heterocycles. The summed E-state index contributed by atoms with van der Waals surface area (Å²) in [5.41, 5.74) is -14.5. The van der Waals surface area contributed by atoms with Crippen LogP contribution >= 0.6 is 0 Å². The van der Waals surface area contributed by atoms with Gasteiger partial charge in [0.05, 0.1) is 122 Å². The third-order valence-corrected chi connectivity index (χ3v) is 18.3. The summed E-state index contributed by atoms with van der Waals surface area (Å²) in [5.74, 6) is -21.4. The maximum absolute atomic E-state index is 11.3. The van der Waals surface area contributed by atoms with E-state index in [2.05, 4.69) is 42.6 Å². The first-order chi connectivity index (χ1) is 64.8. The molecule has 16 N–H and O–H groups in total. The molecule has 0 saturated carbocycles. The van der Waals surface area contributed by atoms with Crippen LogP contribution < -0.4 is 0 Å². The predicted molar refractivity (Wildman–Crippen MR) is 478 cm³/mol. The van der Waals surface area contributed by atoms with Crippen molar-refractivity contribution in [2.24, 2.45) is 0 Å². The van der Waals surface area contributed by atoms with Gasteiger partial charge in [0, 0.05) is 116 Å². The van der Waals surface area contributed by atoms with Crippen LogP contribution in [-0.4, -0.2) is 333 Å². The van der Waals surface area contributed by atoms with E-state index in [0.29, 0.717) is 88.6 Å². The van der Waals surface area contributed by atoms with Gasteiger partial charge in [0.15, 0.2) is 33.6 Å². The Balaban J connectivity index is -0.000000168. The van der Waals surface area contributed by atoms with E-state index in [-0.39, 0.29) is 61.4 Å². The first-order valence-corrected chi connectivity index (χ1v) is 43.6. The number of carboxylic acid groups (broad SMARTS) is 10. The van der Waals surface area contributed by atoms with Crippen molar-refractivity contribution in [2.75, 3.05) is 64.0 Å². The highest BCUT2D eigenvalue weighted by molar-refractivity contribution is 5.95. The van der Waals surface area contributed by atoms with Crippen molar-refractivity contribution in [3.63, 3.8) is 0 Å². The third kappa shape index (κ3) is 86.9. The maximum Gasteiger partial charge on any atom is 0.339 e. The summed E-state index contributed by atoms with van der Waals surface area (Å²) in [6, 6.07) is 0. The van der Waals surface area contributed by atoms with Gasteiger partial charge in [-0.25, -0.2) is 28.8 Å². The summed E-state index contributed by atoms with van der Waals surface area (Å²) in [6.45, 7) is 12.1. The molecule has 0 aromatic rings. The van der Waals surface area contributed by atoms with E-state index in [0.717, 1.165) is 127 Å². The van der Waals surface area contributed by atoms with E-state index in [1.54, 1.807) is 13.8 Å². The Kier molecular flexibility index (Phi) is 91.4. The molecule has 0 aromatic heterocycles. The fourth-order valence-electron chi connectivity index (χ4n) is 10.0. The number of unbranched alkanes of at least 4 members (excludes halogenated alkanes) is 10. The number of hydrogen-bond acceptors (Lipinski definition) is 41. The lowest BCUT2D eigenvalue weighted by Gasteiger charge is -2.22. The Morgan fingerprint density at radius 2 is 0.314 bits per heavy atom. The van der Waals surface area contributed by atoms with Crippen molar-refractivity contribution in [1.82, 2.24) is 0 Å². The van der Waals surface area contributed by atoms with Gasteiger partial charge in [-0.05, 0) is 51.4 Å². The Labute approximate surface area is 809 Å². The zero-order chi connectivity index (χ0) is 111. The Morgan fingerprint density at radius 3 is 0.514 bits per heavy atom. The van der Waals surface area contributed by atoms with Gasteiger partial charge in [-0.3, -0.25) is 95.9 Å². The molecule has 51 nitrogen and oxygen atoms in total. The van der Waals surface area contributed by atoms with Gasteiger partial charge >= 0.3 is 113 Å². The fraction of sp³-hybridized carbons (Fsp3) is 0.708. The number of methoxy groups -OCH3 is 9. The average Bonchev–Trinajstić information content (AvgIpc) is 0.820. The molecule has 0 amide bonds. The molecule has 5 atom stereocenters. The lowest BCUT2D eigenvalue weighted by molar-refractivity contribution is -0.173. The first-order valence-electron chi connectivity index (χ1n) is 43.6. The Morgan fingerprint density at radius 1 is 0.164 bits per heavy atom. The number of hydrogen-bond donors (Lipinski definition) is 16. The molecule has 5 unspecified atom stereocenters. The van der Waals surface area contributed by atoms with Crippen LogP contribution in [0.15, 0.2) is 0 Å². The topological polar surface area (TPSA) is 851 Å². The SMILES string of the molecule is CCC(=O)CC(O)(CC(=O)O)C(=O)O.CCC(=O)CC(O)(CC(=O)OC)C(=O)O.CCC(=O)CC(O)(CC(=O)OC)C(=O)OC.CCC(=O)CCCCC(=O)O.CCC(=O)CCCCC(=O)OC.CCC(=O)CCCCCCCC(=O)O.CCC(=O)CCCCCCCC(=O)OC.COC(=O)C(O)(CC(=O)O)CC(=O)O.COC(=O)CC(O)(CC(=O)O)C(=O)O.COC(=O)CC(O)(CC(=O)O)C(=O)OC. The second-order valence-electron chi connectivity index (χ2n) is 30.1. The van der Waals surface area contributed by atoms with Gasteiger partial charge in [0.2, 0.25) is 0 Å². The van der Waals surface area contributed by atoms with Crippen LogP contribution in [0.25, 0.3) is 0 Å². The van der Waals surface area contributed by atoms with Crippen LogP contribution in [0.4, 0.5) is 0 Å². The van der Waals surface area contributed by atoms with Crippen molar-refractivity contribution in [2.45, 2.75) is 345 Å². The molecular formula is C89H146O51. The number of Topliss-reactive ketones (excluding diaryl/α,β-unsaturated/α-hetero) is 7. The van der Waals surface area contributed by atoms with Crippen LogP contribution in [0.1, 0.15) is 312 Å². The lowest BCUT2D eigenvalue weighted by Crippen LogP contribution is -2.43. The highest BCUT2D eigenvalue weighted by Crippen LogP contribution is 2.24. The van der Waals surface area contributed by atoms with Crippen LogP contribution in [0.2, 0.25) is 0 Å². The number of ketones is 7. The van der Waals surface area contributed by atoms with Crippen LogP contribution in [-0.2, 0) is 167 Å². The molecular weight excluding hydrogens is 1880 g/mol. The van der Waals surface area contributed by atoms with E-state index in [4.69, 9.17) is 51.1 Å². The van der Waals surface area contributed by atoms with Gasteiger partial charge in [0.25, 0.3) is 0 Å². The number of rotatable bonds is 63. The minimum atomic E-state index is -2.61. The standard InChI is InChI=1S/C12H22O3.C11H20O3.C10H16O6.C9H14O6.C9H16O3.C8H12O7.C8H12O6.C8H14O3.2C7H10O7/c1-3-11(13)9-7-5-4-6-8-10-12(14)15-2;1-2-10(12)8-6-4-3-5-7-9-11(13)14;1-4-7(11)5-10(14,9(13)16-3)6-8(12)15-2;1-3-6(10)4-9(14,8(12)13)5-7(11)15-2;1-3-8(10)6-4-5-7-9(11)12-2;1-14-6(11)4-8(13,3-5(9)10)7(12)15-2;1-2-5(9)3-8(14,7(12)13)4-6(10)11;1-2-7(9)5-3-4-6-8(10)11;1-14-5(10)3-7(13,6(11)12)2-4(8)9;1-14-6(12)7(13,2-4(8)9)3-5(10)11/h3-10H2,1-2H3;2-9H2,1H3,(H,13,14);14H,4-6H2,1-3H3;14H,3-5H2,1-2H3,(H,12,13);3-7H2,1-2H3;13H,3-4H2,1-2H3,(H,9,10);14H,2-4H2,1H3,(H,10,11)(H,12,13);2-6H2,1H3,(H,10,11);13H,2-3H2,1H3,(H,8,9)(H,11,12);13H,2-3H2,1H3,(H,8,9)(H,10,11). The summed E-state index contributed by atoms with van der Waals surface area (Å²) >= 11 is 0. The number of esters is 9. The second-order valence-corrected chi connectivity index (χ2v) is 30.1. The van der Waals surface area contributed by atoms with Crippen molar-refractivity contribution in [3.05, 3.63) is 0 Å². The van der Waals surface area contributed by atoms with E-state index in [1.165, 1.54) is 21.1 Å². The number of aliphatic hydroxyl groups is 6. The van der Waals surface area contributed by atoms with Crippen LogP contribution in [0.5, 0.6) is 0 Å². The van der Waals surface area contributed by atoms with Crippen LogP contribution in [0, 0.1) is 0 Å². The molecule has 0 aromatic carbocycles. The Bertz CT molecular complexity index is 3710. The molecule has 808 valence electrons. The van der Waals surface area contributed by atoms with Crippen molar-refractivity contribution >= 4 is 154 Å². The molecule has 0 radical (unpaired) electrons. The molecule has 0 bridgehead atoms. The summed E-state index contributed by atoms with van der Waals surface area (Å²) < 4.78 is 38.6. The number of ether oxygens (including phenoxy) is 9. The molecule has 0 heterocycles. The Hall–Kier alpha value is -12.6. The highest BCUT2D eigenvalue weighted by atomic mass is 16.6. The van der Waals surface area contributed by atoms with Gasteiger partial charge in [-0.15, -0.1) is 0 Å². The van der Waals surface area contributed by atoms with Crippen molar-refractivity contribution < 1.29 is 249 Å². The summed E-state index contributed by atoms with van der Waals surface area (Å²) in [7, 11) is 10.0. The largest absolute Gasteiger partial charge is 0.481 e. The fourth-order valence-corrected chi connectivity index (χ4v) is 10.0. The van der Waals surface area contributed by atoms with Gasteiger partial charge in [-0.2, -0.15) is 0 Å². The minimum Gasteiger partial charge on any atom is -0.481 e. The summed E-state index contributed by atoms with van der Waals surface area (Å²) in [6.07, 6.45) is 9.81. The predicted octanol–water partition coefficient (Wildman–Crippen LogP) is 4.77. The number of aliphatic carboxylic acids is 10. The zero-order valence-corrected chi connectivity index (χ0v) is 82.4. The van der Waals surface area contributed by atoms with Crippen molar-refractivity contribution in [1.29, 1.82) is 0 Å². The van der Waals surface area contributed by atoms with E-state index >= 15 is 0 Å². The van der Waals surface area contributed by atoms with Gasteiger partial charge in [-0.1, -0.05) is 87.0 Å². The molecule has 0 aliphatic carbocycles. The lowest BCUT2D eigenvalue weighted by atomic mass is 9.92.